The molecule has 0 aliphatic carbocycles. The quantitative estimate of drug-likeness (QED) is 0.881. The number of likely N-dealkylation sites (tertiary alicyclic amines) is 1. The van der Waals surface area contributed by atoms with E-state index in [2.05, 4.69) is 15.3 Å². The molecule has 2 aromatic heterocycles. The predicted octanol–water partition coefficient (Wildman–Crippen LogP) is 2.77. The van der Waals surface area contributed by atoms with Crippen LogP contribution >= 0.6 is 0 Å². The molecule has 2 aliphatic heterocycles. The topological polar surface area (TPSA) is 67.3 Å². The van der Waals surface area contributed by atoms with E-state index in [1.165, 1.54) is 12.0 Å². The van der Waals surface area contributed by atoms with Crippen LogP contribution in [0.4, 0.5) is 5.82 Å². The van der Waals surface area contributed by atoms with Crippen molar-refractivity contribution in [3.05, 3.63) is 54.0 Å². The third-order valence-corrected chi connectivity index (χ3v) is 5.45. The van der Waals surface area contributed by atoms with Crippen molar-refractivity contribution in [2.45, 2.75) is 31.7 Å². The van der Waals surface area contributed by atoms with E-state index in [1.54, 1.807) is 6.20 Å². The van der Waals surface area contributed by atoms with Gasteiger partial charge in [0.05, 0.1) is 24.8 Å². The van der Waals surface area contributed by atoms with Gasteiger partial charge in [0.15, 0.2) is 0 Å². The number of hydrogen-bond acceptors (Lipinski definition) is 5. The number of pyridine rings is 2. The molecule has 2 saturated heterocycles. The van der Waals surface area contributed by atoms with E-state index in [0.717, 1.165) is 32.4 Å². The lowest BCUT2D eigenvalue weighted by atomic mass is 9.95. The fourth-order valence-corrected chi connectivity index (χ4v) is 3.92. The van der Waals surface area contributed by atoms with Gasteiger partial charge in [-0.05, 0) is 55.5 Å². The Labute approximate surface area is 160 Å². The molecular weight excluding hydrogens is 340 g/mol. The summed E-state index contributed by atoms with van der Waals surface area (Å²) in [5.74, 6) is 1.09. The maximum atomic E-state index is 13.0. The van der Waals surface area contributed by atoms with Crippen molar-refractivity contribution in [1.82, 2.24) is 14.9 Å². The first-order valence-electron chi connectivity index (χ1n) is 9.79. The van der Waals surface area contributed by atoms with Crippen LogP contribution in [0.5, 0.6) is 0 Å². The highest BCUT2D eigenvalue weighted by molar-refractivity contribution is 5.98. The van der Waals surface area contributed by atoms with E-state index in [0.29, 0.717) is 30.5 Å². The Hall–Kier alpha value is -2.47. The molecule has 0 saturated carbocycles. The zero-order valence-electron chi connectivity index (χ0n) is 15.5. The summed E-state index contributed by atoms with van der Waals surface area (Å²) in [4.78, 5) is 23.5. The standard InChI is InChI=1S/C21H26N4O2/c26-21(25-11-2-1-3-12-25)18-5-4-8-23-20(18)24-19-15-27-14-17(19)13-16-6-9-22-10-7-16/h4-10,17,19H,1-3,11-15H2,(H,23,24)/t17-,19+/m1/s1. The molecule has 0 spiro atoms. The molecule has 2 aromatic rings. The number of rotatable bonds is 5. The summed E-state index contributed by atoms with van der Waals surface area (Å²) in [6.07, 6.45) is 9.67. The van der Waals surface area contributed by atoms with Crippen molar-refractivity contribution in [3.63, 3.8) is 0 Å². The molecule has 1 amide bonds. The molecule has 0 bridgehead atoms. The van der Waals surface area contributed by atoms with Crippen LogP contribution in [0.3, 0.4) is 0 Å². The summed E-state index contributed by atoms with van der Waals surface area (Å²) < 4.78 is 5.73. The Morgan fingerprint density at radius 3 is 2.74 bits per heavy atom. The van der Waals surface area contributed by atoms with Gasteiger partial charge in [0.2, 0.25) is 0 Å². The third-order valence-electron chi connectivity index (χ3n) is 5.45. The first-order valence-corrected chi connectivity index (χ1v) is 9.79. The van der Waals surface area contributed by atoms with Gasteiger partial charge in [-0.15, -0.1) is 0 Å². The highest BCUT2D eigenvalue weighted by Crippen LogP contribution is 2.24. The first-order chi connectivity index (χ1) is 13.3. The van der Waals surface area contributed by atoms with Gasteiger partial charge in [0.1, 0.15) is 5.82 Å². The van der Waals surface area contributed by atoms with Crippen LogP contribution in [-0.4, -0.2) is 53.1 Å². The van der Waals surface area contributed by atoms with E-state index in [9.17, 15) is 4.79 Å². The monoisotopic (exact) mass is 366 g/mol. The molecule has 2 aliphatic rings. The fourth-order valence-electron chi connectivity index (χ4n) is 3.92. The summed E-state index contributed by atoms with van der Waals surface area (Å²) in [7, 11) is 0. The molecule has 0 radical (unpaired) electrons. The van der Waals surface area contributed by atoms with Crippen LogP contribution in [0, 0.1) is 5.92 Å². The van der Waals surface area contributed by atoms with Crippen molar-refractivity contribution >= 4 is 11.7 Å². The van der Waals surface area contributed by atoms with Crippen molar-refractivity contribution in [2.24, 2.45) is 5.92 Å². The van der Waals surface area contributed by atoms with Gasteiger partial charge in [0, 0.05) is 37.6 Å². The van der Waals surface area contributed by atoms with Crippen LogP contribution in [-0.2, 0) is 11.2 Å². The molecule has 6 heteroatoms. The largest absolute Gasteiger partial charge is 0.379 e. The average molecular weight is 366 g/mol. The van der Waals surface area contributed by atoms with Crippen molar-refractivity contribution in [1.29, 1.82) is 0 Å². The summed E-state index contributed by atoms with van der Waals surface area (Å²) in [6.45, 7) is 3.01. The maximum Gasteiger partial charge on any atom is 0.257 e. The SMILES string of the molecule is O=C(c1cccnc1N[C@H]1COC[C@H]1Cc1ccncc1)N1CCCCC1. The number of piperidine rings is 1. The van der Waals surface area contributed by atoms with Crippen molar-refractivity contribution < 1.29 is 9.53 Å². The van der Waals surface area contributed by atoms with Gasteiger partial charge in [0.25, 0.3) is 5.91 Å². The van der Waals surface area contributed by atoms with Gasteiger partial charge in [-0.25, -0.2) is 4.98 Å². The predicted molar refractivity (Wildman–Crippen MR) is 104 cm³/mol. The first kappa shape index (κ1) is 17.9. The second-order valence-corrected chi connectivity index (χ2v) is 7.36. The van der Waals surface area contributed by atoms with Crippen LogP contribution in [0.15, 0.2) is 42.9 Å². The summed E-state index contributed by atoms with van der Waals surface area (Å²) in [5, 5.41) is 3.50. The highest BCUT2D eigenvalue weighted by atomic mass is 16.5. The number of carbonyl (C=O) groups excluding carboxylic acids is 1. The van der Waals surface area contributed by atoms with Crippen LogP contribution in [0.1, 0.15) is 35.2 Å². The second kappa shape index (κ2) is 8.48. The smallest absolute Gasteiger partial charge is 0.257 e. The minimum atomic E-state index is 0.0786. The molecule has 2 fully saturated rings. The van der Waals surface area contributed by atoms with E-state index < -0.39 is 0 Å². The number of amides is 1. The molecule has 0 aromatic carbocycles. The normalized spacial score (nSPS) is 22.6. The minimum Gasteiger partial charge on any atom is -0.379 e. The van der Waals surface area contributed by atoms with Gasteiger partial charge in [-0.3, -0.25) is 9.78 Å². The van der Waals surface area contributed by atoms with Crippen LogP contribution < -0.4 is 5.32 Å². The van der Waals surface area contributed by atoms with Crippen molar-refractivity contribution in [3.8, 4) is 0 Å². The average Bonchev–Trinajstić information content (AvgIpc) is 3.16. The molecule has 142 valence electrons. The van der Waals surface area contributed by atoms with Crippen LogP contribution in [0.2, 0.25) is 0 Å². The Morgan fingerprint density at radius 2 is 1.93 bits per heavy atom. The molecule has 4 rings (SSSR count). The van der Waals surface area contributed by atoms with E-state index in [1.807, 2.05) is 41.6 Å². The molecule has 0 unspecified atom stereocenters. The fraction of sp³-hybridized carbons (Fsp3) is 0.476. The Bertz CT molecular complexity index is 762. The van der Waals surface area contributed by atoms with Crippen LogP contribution in [0.25, 0.3) is 0 Å². The number of aromatic nitrogens is 2. The second-order valence-electron chi connectivity index (χ2n) is 7.36. The number of ether oxygens (including phenoxy) is 1. The van der Waals surface area contributed by atoms with E-state index >= 15 is 0 Å². The maximum absolute atomic E-state index is 13.0. The number of carbonyl (C=O) groups is 1. The highest BCUT2D eigenvalue weighted by Gasteiger charge is 2.30. The Morgan fingerprint density at radius 1 is 1.11 bits per heavy atom. The lowest BCUT2D eigenvalue weighted by Crippen LogP contribution is -2.37. The van der Waals surface area contributed by atoms with Gasteiger partial charge < -0.3 is 15.0 Å². The third kappa shape index (κ3) is 4.27. The summed E-state index contributed by atoms with van der Waals surface area (Å²) in [6, 6.07) is 7.94. The number of nitrogens with one attached hydrogen (secondary N) is 1. The molecule has 1 N–H and O–H groups in total. The zero-order valence-corrected chi connectivity index (χ0v) is 15.5. The Kier molecular flexibility index (Phi) is 5.63. The molecular formula is C21H26N4O2. The minimum absolute atomic E-state index is 0.0786. The van der Waals surface area contributed by atoms with E-state index in [-0.39, 0.29) is 11.9 Å². The molecule has 2 atom stereocenters. The zero-order chi connectivity index (χ0) is 18.5. The number of anilines is 1. The van der Waals surface area contributed by atoms with E-state index in [4.69, 9.17) is 4.74 Å². The van der Waals surface area contributed by atoms with Crippen molar-refractivity contribution in [2.75, 3.05) is 31.6 Å². The Balaban J connectivity index is 1.48. The lowest BCUT2D eigenvalue weighted by molar-refractivity contribution is 0.0725. The summed E-state index contributed by atoms with van der Waals surface area (Å²) in [5.41, 5.74) is 1.91. The molecule has 4 heterocycles. The van der Waals surface area contributed by atoms with Gasteiger partial charge >= 0.3 is 0 Å². The number of hydrogen-bond donors (Lipinski definition) is 1. The molecule has 27 heavy (non-hydrogen) atoms. The summed E-state index contributed by atoms with van der Waals surface area (Å²) >= 11 is 0. The lowest BCUT2D eigenvalue weighted by Gasteiger charge is -2.28. The van der Waals surface area contributed by atoms with Gasteiger partial charge in [-0.1, -0.05) is 0 Å². The molecule has 6 nitrogen and oxygen atoms in total. The number of nitrogens with zero attached hydrogens (tertiary/aromatic N) is 3. The van der Waals surface area contributed by atoms with Gasteiger partial charge in [-0.2, -0.15) is 0 Å².